The van der Waals surface area contributed by atoms with Crippen LogP contribution in [0.3, 0.4) is 0 Å². The molecule has 0 unspecified atom stereocenters. The van der Waals surface area contributed by atoms with Gasteiger partial charge in [-0.05, 0) is 30.5 Å². The fraction of sp³-hybridized carbons (Fsp3) is 0.294. The molecule has 0 aliphatic carbocycles. The third-order valence-corrected chi connectivity index (χ3v) is 4.93. The number of aryl methyl sites for hydroxylation is 2. The highest BCUT2D eigenvalue weighted by Gasteiger charge is 2.15. The van der Waals surface area contributed by atoms with E-state index in [1.165, 1.54) is 22.5 Å². The van der Waals surface area contributed by atoms with Crippen LogP contribution in [0.1, 0.15) is 11.1 Å². The van der Waals surface area contributed by atoms with Gasteiger partial charge in [0.1, 0.15) is 4.83 Å². The van der Waals surface area contributed by atoms with Crippen LogP contribution < -0.4 is 16.6 Å². The molecule has 120 valence electrons. The molecule has 2 aromatic heterocycles. The standard InChI is InChI=1S/C17H20N4OS/c1-10-4-5-12(8-11(10)2)13-9-23-15-14(13)16(22)21(3)17(20-15)19-7-6-18/h4-5,8-9H,6-7,18H2,1-3H3,(H,19,20). The highest BCUT2D eigenvalue weighted by atomic mass is 32.1. The maximum Gasteiger partial charge on any atom is 0.264 e. The van der Waals surface area contributed by atoms with E-state index in [2.05, 4.69) is 42.3 Å². The Labute approximate surface area is 138 Å². The molecule has 23 heavy (non-hydrogen) atoms. The number of hydrogen-bond donors (Lipinski definition) is 2. The van der Waals surface area contributed by atoms with E-state index in [-0.39, 0.29) is 5.56 Å². The van der Waals surface area contributed by atoms with Gasteiger partial charge in [-0.3, -0.25) is 9.36 Å². The van der Waals surface area contributed by atoms with Gasteiger partial charge in [0.05, 0.1) is 5.39 Å². The summed E-state index contributed by atoms with van der Waals surface area (Å²) in [5, 5.41) is 5.78. The maximum absolute atomic E-state index is 12.8. The lowest BCUT2D eigenvalue weighted by Crippen LogP contribution is -2.24. The summed E-state index contributed by atoms with van der Waals surface area (Å²) < 4.78 is 1.55. The zero-order valence-corrected chi connectivity index (χ0v) is 14.3. The zero-order valence-electron chi connectivity index (χ0n) is 13.5. The number of nitrogens with two attached hydrogens (primary N) is 1. The van der Waals surface area contributed by atoms with Crippen molar-refractivity contribution in [3.63, 3.8) is 0 Å². The average molecular weight is 328 g/mol. The lowest BCUT2D eigenvalue weighted by Gasteiger charge is -2.10. The van der Waals surface area contributed by atoms with Gasteiger partial charge in [0, 0.05) is 31.1 Å². The summed E-state index contributed by atoms with van der Waals surface area (Å²) in [5.74, 6) is 0.557. The highest BCUT2D eigenvalue weighted by molar-refractivity contribution is 7.17. The first-order valence-corrected chi connectivity index (χ1v) is 8.40. The third kappa shape index (κ3) is 2.75. The molecule has 0 aliphatic rings. The van der Waals surface area contributed by atoms with Gasteiger partial charge in [0.2, 0.25) is 5.95 Å². The second-order valence-corrected chi connectivity index (χ2v) is 6.50. The summed E-state index contributed by atoms with van der Waals surface area (Å²) in [7, 11) is 1.73. The molecule has 3 aromatic rings. The lowest BCUT2D eigenvalue weighted by atomic mass is 10.0. The van der Waals surface area contributed by atoms with E-state index in [9.17, 15) is 4.79 Å². The second-order valence-electron chi connectivity index (χ2n) is 5.64. The van der Waals surface area contributed by atoms with Gasteiger partial charge in [-0.25, -0.2) is 4.98 Å². The molecule has 6 heteroatoms. The van der Waals surface area contributed by atoms with Crippen molar-refractivity contribution in [1.29, 1.82) is 0 Å². The fourth-order valence-electron chi connectivity index (χ4n) is 2.54. The monoisotopic (exact) mass is 328 g/mol. The molecule has 1 aromatic carbocycles. The second kappa shape index (κ2) is 6.14. The minimum atomic E-state index is -0.0380. The molecule has 0 radical (unpaired) electrons. The van der Waals surface area contributed by atoms with Gasteiger partial charge in [-0.2, -0.15) is 0 Å². The Bertz CT molecular complexity index is 926. The number of fused-ring (bicyclic) bond motifs is 1. The van der Waals surface area contributed by atoms with Gasteiger partial charge in [0.25, 0.3) is 5.56 Å². The molecule has 0 amide bonds. The molecule has 3 N–H and O–H groups in total. The van der Waals surface area contributed by atoms with E-state index in [0.29, 0.717) is 24.4 Å². The number of rotatable bonds is 4. The third-order valence-electron chi connectivity index (χ3n) is 4.06. The largest absolute Gasteiger partial charge is 0.354 e. The summed E-state index contributed by atoms with van der Waals surface area (Å²) in [6, 6.07) is 6.27. The average Bonchev–Trinajstić information content (AvgIpc) is 2.96. The van der Waals surface area contributed by atoms with Crippen molar-refractivity contribution in [1.82, 2.24) is 9.55 Å². The molecule has 0 saturated carbocycles. The summed E-state index contributed by atoms with van der Waals surface area (Å²) in [4.78, 5) is 18.1. The first-order valence-electron chi connectivity index (χ1n) is 7.52. The van der Waals surface area contributed by atoms with E-state index >= 15 is 0 Å². The van der Waals surface area contributed by atoms with E-state index in [4.69, 9.17) is 5.73 Å². The van der Waals surface area contributed by atoms with Crippen molar-refractivity contribution in [2.75, 3.05) is 18.4 Å². The van der Waals surface area contributed by atoms with E-state index in [0.717, 1.165) is 16.0 Å². The van der Waals surface area contributed by atoms with Crippen LogP contribution in [-0.4, -0.2) is 22.6 Å². The van der Waals surface area contributed by atoms with Crippen molar-refractivity contribution >= 4 is 27.5 Å². The predicted molar refractivity (Wildman–Crippen MR) is 97.3 cm³/mol. The van der Waals surface area contributed by atoms with Crippen LogP contribution in [0.2, 0.25) is 0 Å². The first kappa shape index (κ1) is 15.7. The quantitative estimate of drug-likeness (QED) is 0.772. The summed E-state index contributed by atoms with van der Waals surface area (Å²) >= 11 is 1.49. The smallest absolute Gasteiger partial charge is 0.264 e. The van der Waals surface area contributed by atoms with E-state index in [1.807, 2.05) is 5.38 Å². The van der Waals surface area contributed by atoms with Crippen LogP contribution in [0.15, 0.2) is 28.4 Å². The highest BCUT2D eigenvalue weighted by Crippen LogP contribution is 2.32. The van der Waals surface area contributed by atoms with Crippen molar-refractivity contribution < 1.29 is 0 Å². The predicted octanol–water partition coefficient (Wildman–Crippen LogP) is 2.65. The minimum Gasteiger partial charge on any atom is -0.354 e. The van der Waals surface area contributed by atoms with Gasteiger partial charge in [0.15, 0.2) is 0 Å². The molecule has 0 spiro atoms. The Balaban J connectivity index is 2.19. The van der Waals surface area contributed by atoms with Crippen molar-refractivity contribution in [2.24, 2.45) is 12.8 Å². The van der Waals surface area contributed by atoms with Gasteiger partial charge >= 0.3 is 0 Å². The summed E-state index contributed by atoms with van der Waals surface area (Å²) in [6.07, 6.45) is 0. The van der Waals surface area contributed by atoms with Crippen LogP contribution in [0.4, 0.5) is 5.95 Å². The Hall–Kier alpha value is -2.18. The SMILES string of the molecule is Cc1ccc(-c2csc3nc(NCCN)n(C)c(=O)c23)cc1C. The van der Waals surface area contributed by atoms with Crippen molar-refractivity contribution in [3.05, 3.63) is 45.1 Å². The summed E-state index contributed by atoms with van der Waals surface area (Å²) in [6.45, 7) is 5.24. The van der Waals surface area contributed by atoms with Crippen molar-refractivity contribution in [3.8, 4) is 11.1 Å². The van der Waals surface area contributed by atoms with Crippen LogP contribution in [0.25, 0.3) is 21.3 Å². The van der Waals surface area contributed by atoms with E-state index in [1.54, 1.807) is 11.6 Å². The van der Waals surface area contributed by atoms with Gasteiger partial charge in [-0.1, -0.05) is 18.2 Å². The van der Waals surface area contributed by atoms with Crippen LogP contribution >= 0.6 is 11.3 Å². The van der Waals surface area contributed by atoms with Crippen LogP contribution in [0.5, 0.6) is 0 Å². The molecular formula is C17H20N4OS. The Kier molecular flexibility index (Phi) is 4.19. The van der Waals surface area contributed by atoms with E-state index < -0.39 is 0 Å². The number of nitrogens with zero attached hydrogens (tertiary/aromatic N) is 2. The summed E-state index contributed by atoms with van der Waals surface area (Å²) in [5.41, 5.74) is 9.94. The molecule has 2 heterocycles. The number of nitrogens with one attached hydrogen (secondary N) is 1. The normalized spacial score (nSPS) is 11.1. The number of hydrogen-bond acceptors (Lipinski definition) is 5. The molecule has 3 rings (SSSR count). The van der Waals surface area contributed by atoms with Gasteiger partial charge < -0.3 is 11.1 Å². The molecule has 0 atom stereocenters. The lowest BCUT2D eigenvalue weighted by molar-refractivity contribution is 0.837. The van der Waals surface area contributed by atoms with Crippen LogP contribution in [-0.2, 0) is 7.05 Å². The molecule has 5 nitrogen and oxygen atoms in total. The number of thiophene rings is 1. The molecule has 0 bridgehead atoms. The minimum absolute atomic E-state index is 0.0380. The number of anilines is 1. The fourth-order valence-corrected chi connectivity index (χ4v) is 3.47. The maximum atomic E-state index is 12.8. The topological polar surface area (TPSA) is 72.9 Å². The molecule has 0 fully saturated rings. The van der Waals surface area contributed by atoms with Crippen molar-refractivity contribution in [2.45, 2.75) is 13.8 Å². The molecule has 0 saturated heterocycles. The van der Waals surface area contributed by atoms with Crippen LogP contribution in [0, 0.1) is 13.8 Å². The Morgan fingerprint density at radius 3 is 2.78 bits per heavy atom. The number of aromatic nitrogens is 2. The molecular weight excluding hydrogens is 308 g/mol. The zero-order chi connectivity index (χ0) is 16.6. The number of benzene rings is 1. The van der Waals surface area contributed by atoms with Gasteiger partial charge in [-0.15, -0.1) is 11.3 Å². The molecule has 0 aliphatic heterocycles. The first-order chi connectivity index (χ1) is 11.0. The Morgan fingerprint density at radius 1 is 1.30 bits per heavy atom. The Morgan fingerprint density at radius 2 is 2.09 bits per heavy atom.